The molecule has 24 heavy (non-hydrogen) atoms. The van der Waals surface area contributed by atoms with Gasteiger partial charge in [-0.15, -0.1) is 0 Å². The first-order valence-corrected chi connectivity index (χ1v) is 7.80. The summed E-state index contributed by atoms with van der Waals surface area (Å²) in [5.41, 5.74) is 4.71. The van der Waals surface area contributed by atoms with E-state index >= 15 is 0 Å². The highest BCUT2D eigenvalue weighted by Crippen LogP contribution is 2.22. The molecule has 2 N–H and O–H groups in total. The van der Waals surface area contributed by atoms with Gasteiger partial charge in [0.05, 0.1) is 5.71 Å². The number of rotatable bonds is 3. The monoisotopic (exact) mass is 363 g/mol. The molecule has 2 rings (SSSR count). The topological polar surface area (TPSA) is 70.6 Å². The smallest absolute Gasteiger partial charge is 0.317 e. The Labute approximate surface area is 149 Å². The Morgan fingerprint density at radius 1 is 1.00 bits per heavy atom. The maximum absolute atomic E-state index is 11.9. The van der Waals surface area contributed by atoms with Crippen molar-refractivity contribution in [3.05, 3.63) is 63.6 Å². The van der Waals surface area contributed by atoms with Crippen molar-refractivity contribution >= 4 is 46.4 Å². The van der Waals surface area contributed by atoms with Crippen LogP contribution in [0.4, 0.5) is 5.69 Å². The van der Waals surface area contributed by atoms with Crippen molar-refractivity contribution in [1.82, 2.24) is 5.43 Å². The predicted octanol–water partition coefficient (Wildman–Crippen LogP) is 3.78. The van der Waals surface area contributed by atoms with Crippen LogP contribution in [0.3, 0.4) is 0 Å². The molecule has 124 valence electrons. The van der Waals surface area contributed by atoms with Crippen molar-refractivity contribution in [2.75, 3.05) is 5.32 Å². The Morgan fingerprint density at radius 2 is 1.67 bits per heavy atom. The van der Waals surface area contributed by atoms with E-state index in [4.69, 9.17) is 23.2 Å². The van der Waals surface area contributed by atoms with Crippen LogP contribution in [0.5, 0.6) is 0 Å². The molecular formula is C17H15Cl2N3O2. The van der Waals surface area contributed by atoms with Crippen LogP contribution in [0, 0.1) is 6.92 Å². The van der Waals surface area contributed by atoms with Crippen LogP contribution in [-0.4, -0.2) is 17.5 Å². The number of hydrazone groups is 1. The molecule has 0 spiro atoms. The third kappa shape index (κ3) is 4.57. The van der Waals surface area contributed by atoms with E-state index in [0.717, 1.165) is 5.56 Å². The molecule has 2 aromatic carbocycles. The molecule has 0 unspecified atom stereocenters. The van der Waals surface area contributed by atoms with Crippen LogP contribution in [0.2, 0.25) is 10.0 Å². The summed E-state index contributed by atoms with van der Waals surface area (Å²) in [6, 6.07) is 12.0. The van der Waals surface area contributed by atoms with Gasteiger partial charge in [0.1, 0.15) is 0 Å². The highest BCUT2D eigenvalue weighted by atomic mass is 35.5. The van der Waals surface area contributed by atoms with Crippen molar-refractivity contribution in [2.45, 2.75) is 13.8 Å². The summed E-state index contributed by atoms with van der Waals surface area (Å²) in [5.74, 6) is -1.70. The molecule has 0 fully saturated rings. The molecule has 7 heteroatoms. The summed E-state index contributed by atoms with van der Waals surface area (Å²) < 4.78 is 0. The first-order valence-electron chi connectivity index (χ1n) is 7.05. The van der Waals surface area contributed by atoms with Crippen molar-refractivity contribution in [3.8, 4) is 0 Å². The number of nitrogens with one attached hydrogen (secondary N) is 2. The Morgan fingerprint density at radius 3 is 2.33 bits per heavy atom. The van der Waals surface area contributed by atoms with Crippen molar-refractivity contribution < 1.29 is 9.59 Å². The highest BCUT2D eigenvalue weighted by Gasteiger charge is 2.15. The van der Waals surface area contributed by atoms with Crippen LogP contribution < -0.4 is 10.7 Å². The average Bonchev–Trinajstić information content (AvgIpc) is 2.57. The Kier molecular flexibility index (Phi) is 5.95. The zero-order valence-electron chi connectivity index (χ0n) is 13.1. The molecule has 5 nitrogen and oxygen atoms in total. The highest BCUT2D eigenvalue weighted by molar-refractivity contribution is 6.40. The van der Waals surface area contributed by atoms with Gasteiger partial charge < -0.3 is 5.32 Å². The lowest BCUT2D eigenvalue weighted by molar-refractivity contribution is -0.136. The minimum atomic E-state index is -0.873. The quantitative estimate of drug-likeness (QED) is 0.494. The molecule has 0 radical (unpaired) electrons. The zero-order chi connectivity index (χ0) is 17.7. The number of hydrogen-bond acceptors (Lipinski definition) is 3. The average molecular weight is 364 g/mol. The van der Waals surface area contributed by atoms with Gasteiger partial charge in [0.25, 0.3) is 0 Å². The van der Waals surface area contributed by atoms with E-state index in [1.807, 2.05) is 0 Å². The summed E-state index contributed by atoms with van der Waals surface area (Å²) in [7, 11) is 0. The standard InChI is InChI=1S/C17H15Cl2N3O2/c1-10-14(19)4-3-5-15(10)20-16(23)17(24)22-21-11(2)12-6-8-13(18)9-7-12/h3-9H,1-2H3,(H,20,23)(H,22,24)/b21-11+. The zero-order valence-corrected chi connectivity index (χ0v) is 14.6. The van der Waals surface area contributed by atoms with Crippen LogP contribution in [0.25, 0.3) is 0 Å². The van der Waals surface area contributed by atoms with Gasteiger partial charge in [-0.25, -0.2) is 5.43 Å². The number of nitrogens with zero attached hydrogens (tertiary/aromatic N) is 1. The van der Waals surface area contributed by atoms with E-state index in [2.05, 4.69) is 15.8 Å². The predicted molar refractivity (Wildman–Crippen MR) is 96.6 cm³/mol. The second-order valence-electron chi connectivity index (χ2n) is 5.01. The Balaban J connectivity index is 2.01. The largest absolute Gasteiger partial charge is 0.329 e. The third-order valence-corrected chi connectivity index (χ3v) is 3.97. The van der Waals surface area contributed by atoms with Crippen LogP contribution >= 0.6 is 23.2 Å². The number of hydrogen-bond donors (Lipinski definition) is 2. The summed E-state index contributed by atoms with van der Waals surface area (Å²) in [6.45, 7) is 3.46. The number of amides is 2. The molecule has 0 aliphatic carbocycles. The Hall–Kier alpha value is -2.37. The molecule has 0 atom stereocenters. The molecule has 2 amide bonds. The number of halogens is 2. The second kappa shape index (κ2) is 7.95. The van der Waals surface area contributed by atoms with Crippen LogP contribution in [0.1, 0.15) is 18.1 Å². The maximum Gasteiger partial charge on any atom is 0.329 e. The van der Waals surface area contributed by atoms with E-state index in [1.165, 1.54) is 0 Å². The van der Waals surface area contributed by atoms with E-state index < -0.39 is 11.8 Å². The third-order valence-electron chi connectivity index (χ3n) is 3.31. The van der Waals surface area contributed by atoms with Gasteiger partial charge in [-0.1, -0.05) is 41.4 Å². The lowest BCUT2D eigenvalue weighted by Gasteiger charge is -2.08. The summed E-state index contributed by atoms with van der Waals surface area (Å²) >= 11 is 11.8. The normalized spacial score (nSPS) is 11.1. The molecule has 0 saturated heterocycles. The van der Waals surface area contributed by atoms with Crippen molar-refractivity contribution in [1.29, 1.82) is 0 Å². The fourth-order valence-electron chi connectivity index (χ4n) is 1.86. The fraction of sp³-hybridized carbons (Fsp3) is 0.118. The summed E-state index contributed by atoms with van der Waals surface area (Å²) in [5, 5.41) is 7.52. The van der Waals surface area contributed by atoms with Crippen molar-refractivity contribution in [2.24, 2.45) is 5.10 Å². The van der Waals surface area contributed by atoms with Crippen LogP contribution in [0.15, 0.2) is 47.6 Å². The summed E-state index contributed by atoms with van der Waals surface area (Å²) in [4.78, 5) is 23.8. The van der Waals surface area contributed by atoms with E-state index in [9.17, 15) is 9.59 Å². The van der Waals surface area contributed by atoms with E-state index in [0.29, 0.717) is 27.0 Å². The maximum atomic E-state index is 11.9. The molecule has 0 aliphatic rings. The number of carbonyl (C=O) groups is 2. The first kappa shape index (κ1) is 18.0. The van der Waals surface area contributed by atoms with Gasteiger partial charge in [-0.3, -0.25) is 9.59 Å². The molecule has 2 aromatic rings. The minimum Gasteiger partial charge on any atom is -0.317 e. The lowest BCUT2D eigenvalue weighted by Crippen LogP contribution is -2.33. The Bertz CT molecular complexity index is 802. The van der Waals surface area contributed by atoms with Crippen molar-refractivity contribution in [3.63, 3.8) is 0 Å². The molecule has 0 aliphatic heterocycles. The minimum absolute atomic E-state index is 0.473. The van der Waals surface area contributed by atoms with E-state index in [-0.39, 0.29) is 0 Å². The number of carbonyl (C=O) groups excluding carboxylic acids is 2. The number of anilines is 1. The van der Waals surface area contributed by atoms with Gasteiger partial charge >= 0.3 is 11.8 Å². The molecule has 0 saturated carbocycles. The number of benzene rings is 2. The lowest BCUT2D eigenvalue weighted by atomic mass is 10.1. The molecule has 0 aromatic heterocycles. The van der Waals surface area contributed by atoms with Gasteiger partial charge in [0.2, 0.25) is 0 Å². The van der Waals surface area contributed by atoms with Gasteiger partial charge in [-0.05, 0) is 49.2 Å². The first-order chi connectivity index (χ1) is 11.4. The van der Waals surface area contributed by atoms with Gasteiger partial charge in [0.15, 0.2) is 0 Å². The molecule has 0 bridgehead atoms. The van der Waals surface area contributed by atoms with E-state index in [1.54, 1.807) is 56.3 Å². The van der Waals surface area contributed by atoms with Gasteiger partial charge in [-0.2, -0.15) is 5.10 Å². The second-order valence-corrected chi connectivity index (χ2v) is 5.86. The molecule has 0 heterocycles. The van der Waals surface area contributed by atoms with Crippen LogP contribution in [-0.2, 0) is 9.59 Å². The van der Waals surface area contributed by atoms with Gasteiger partial charge in [0, 0.05) is 15.7 Å². The SMILES string of the molecule is C/C(=N\NC(=O)C(=O)Nc1cccc(Cl)c1C)c1ccc(Cl)cc1. The molecular weight excluding hydrogens is 349 g/mol. The summed E-state index contributed by atoms with van der Waals surface area (Å²) in [6.07, 6.45) is 0. The fourth-order valence-corrected chi connectivity index (χ4v) is 2.16.